The van der Waals surface area contributed by atoms with Crippen molar-refractivity contribution in [3.63, 3.8) is 0 Å². The van der Waals surface area contributed by atoms with Gasteiger partial charge in [-0.15, -0.1) is 0 Å². The molecule has 45 heavy (non-hydrogen) atoms. The smallest absolute Gasteiger partial charge is 0.269 e. The molecule has 2 atom stereocenters. The largest absolute Gasteiger partial charge is 0.350 e. The van der Waals surface area contributed by atoms with E-state index in [1.54, 1.807) is 29.5 Å². The molecule has 12 heteroatoms. The summed E-state index contributed by atoms with van der Waals surface area (Å²) in [7, 11) is 3.73. The molecular weight excluding hydrogens is 568 g/mol. The molecule has 6 heterocycles. The third-order valence-electron chi connectivity index (χ3n) is 9.23. The lowest BCUT2D eigenvalue weighted by molar-refractivity contribution is -0.123. The van der Waals surface area contributed by atoms with Crippen LogP contribution in [-0.2, 0) is 38.2 Å². The molecular formula is C33H42N10O2. The minimum absolute atomic E-state index is 0.00526. The summed E-state index contributed by atoms with van der Waals surface area (Å²) in [5.74, 6) is 0.558. The van der Waals surface area contributed by atoms with Crippen LogP contribution in [0.15, 0.2) is 67.6 Å². The summed E-state index contributed by atoms with van der Waals surface area (Å²) in [5, 5.41) is 13.9. The highest BCUT2D eigenvalue weighted by Gasteiger charge is 2.39. The van der Waals surface area contributed by atoms with Crippen LogP contribution in [0.2, 0.25) is 0 Å². The minimum Gasteiger partial charge on any atom is -0.350 e. The number of imidazole rings is 2. The third-order valence-corrected chi connectivity index (χ3v) is 9.23. The van der Waals surface area contributed by atoms with Gasteiger partial charge in [-0.05, 0) is 75.1 Å². The van der Waals surface area contributed by atoms with Crippen molar-refractivity contribution in [2.45, 2.75) is 62.1 Å². The van der Waals surface area contributed by atoms with E-state index in [9.17, 15) is 9.59 Å². The van der Waals surface area contributed by atoms with E-state index in [0.29, 0.717) is 25.0 Å². The van der Waals surface area contributed by atoms with Crippen molar-refractivity contribution in [3.05, 3.63) is 96.1 Å². The van der Waals surface area contributed by atoms with Gasteiger partial charge < -0.3 is 30.4 Å². The van der Waals surface area contributed by atoms with Crippen LogP contribution in [0.1, 0.15) is 65.0 Å². The number of aromatic nitrogens is 6. The van der Waals surface area contributed by atoms with Crippen LogP contribution in [-0.4, -0.2) is 71.6 Å². The fourth-order valence-electron chi connectivity index (χ4n) is 6.79. The molecule has 0 spiro atoms. The molecule has 0 aliphatic carbocycles. The van der Waals surface area contributed by atoms with Crippen molar-refractivity contribution < 1.29 is 9.59 Å². The first-order valence-corrected chi connectivity index (χ1v) is 15.7. The van der Waals surface area contributed by atoms with Gasteiger partial charge >= 0.3 is 0 Å². The van der Waals surface area contributed by atoms with Gasteiger partial charge in [0.1, 0.15) is 11.5 Å². The summed E-state index contributed by atoms with van der Waals surface area (Å²) in [6, 6.07) is 10.1. The Morgan fingerprint density at radius 1 is 0.911 bits per heavy atom. The van der Waals surface area contributed by atoms with Crippen molar-refractivity contribution in [2.24, 2.45) is 14.1 Å². The highest BCUT2D eigenvalue weighted by atomic mass is 16.2. The van der Waals surface area contributed by atoms with Crippen molar-refractivity contribution in [1.29, 1.82) is 0 Å². The second-order valence-corrected chi connectivity index (χ2v) is 12.5. The Bertz CT molecular complexity index is 1610. The van der Waals surface area contributed by atoms with Gasteiger partial charge in [0.05, 0.1) is 18.9 Å². The fraction of sp³-hybridized carbons (Fsp3) is 0.455. The van der Waals surface area contributed by atoms with Crippen LogP contribution in [0.25, 0.3) is 0 Å². The summed E-state index contributed by atoms with van der Waals surface area (Å²) < 4.78 is 3.62. The number of hydrogen-bond acceptors (Lipinski definition) is 8. The Labute approximate surface area is 263 Å². The summed E-state index contributed by atoms with van der Waals surface area (Å²) in [6.45, 7) is 2.39. The first-order valence-electron chi connectivity index (χ1n) is 15.7. The number of rotatable bonds is 10. The van der Waals surface area contributed by atoms with Gasteiger partial charge in [0.25, 0.3) is 5.91 Å². The number of carbonyl (C=O) groups is 2. The predicted octanol–water partition coefficient (Wildman–Crippen LogP) is 1.80. The molecule has 0 radical (unpaired) electrons. The van der Waals surface area contributed by atoms with Crippen molar-refractivity contribution in [3.8, 4) is 0 Å². The first-order chi connectivity index (χ1) is 21.8. The van der Waals surface area contributed by atoms with Crippen molar-refractivity contribution in [2.75, 3.05) is 19.6 Å². The molecule has 2 aliphatic heterocycles. The lowest BCUT2D eigenvalue weighted by Gasteiger charge is -2.42. The predicted molar refractivity (Wildman–Crippen MR) is 169 cm³/mol. The number of piperidine rings is 2. The van der Waals surface area contributed by atoms with Gasteiger partial charge in [-0.2, -0.15) is 0 Å². The quantitative estimate of drug-likeness (QED) is 0.213. The summed E-state index contributed by atoms with van der Waals surface area (Å²) in [4.78, 5) is 44.5. The van der Waals surface area contributed by atoms with E-state index in [2.05, 4.69) is 48.4 Å². The summed E-state index contributed by atoms with van der Waals surface area (Å²) in [6.07, 6.45) is 15.0. The van der Waals surface area contributed by atoms with E-state index in [4.69, 9.17) is 4.98 Å². The van der Waals surface area contributed by atoms with E-state index in [1.165, 1.54) is 0 Å². The number of nitrogens with one attached hydrogen (secondary N) is 4. The number of amides is 2. The second kappa shape index (κ2) is 13.3. The molecule has 2 amide bonds. The number of carbonyl (C=O) groups excluding carboxylic acids is 2. The molecule has 0 saturated carbocycles. The molecule has 236 valence electrons. The van der Waals surface area contributed by atoms with Crippen LogP contribution in [0, 0.1) is 0 Å². The number of aryl methyl sites for hydroxylation is 2. The average molecular weight is 611 g/mol. The highest BCUT2D eigenvalue weighted by Crippen LogP contribution is 2.34. The SMILES string of the molecule is Cn1cncc1C(=O)NC1(Cc2cc(C3CC(Cc4ccccn4)(NC(=O)Cc4nccn4C)CCN3)ccn2)CCNCC1. The van der Waals surface area contributed by atoms with E-state index >= 15 is 0 Å². The Hall–Kier alpha value is -4.42. The van der Waals surface area contributed by atoms with Gasteiger partial charge in [-0.1, -0.05) is 6.07 Å². The summed E-state index contributed by atoms with van der Waals surface area (Å²) >= 11 is 0. The molecule has 12 nitrogen and oxygen atoms in total. The van der Waals surface area contributed by atoms with E-state index in [0.717, 1.165) is 61.7 Å². The van der Waals surface area contributed by atoms with Crippen LogP contribution in [0.4, 0.5) is 0 Å². The Kier molecular flexibility index (Phi) is 9.04. The molecule has 2 fully saturated rings. The Balaban J connectivity index is 1.22. The van der Waals surface area contributed by atoms with E-state index < -0.39 is 11.1 Å². The zero-order chi connectivity index (χ0) is 31.3. The van der Waals surface area contributed by atoms with Crippen molar-refractivity contribution in [1.82, 2.24) is 50.3 Å². The van der Waals surface area contributed by atoms with Crippen LogP contribution in [0.3, 0.4) is 0 Å². The fourth-order valence-corrected chi connectivity index (χ4v) is 6.79. The number of nitrogens with zero attached hydrogens (tertiary/aromatic N) is 6. The highest BCUT2D eigenvalue weighted by molar-refractivity contribution is 5.93. The Morgan fingerprint density at radius 3 is 2.44 bits per heavy atom. The molecule has 6 rings (SSSR count). The second-order valence-electron chi connectivity index (χ2n) is 12.5. The normalized spacial score (nSPS) is 21.2. The van der Waals surface area contributed by atoms with Gasteiger partial charge in [0, 0.05) is 80.2 Å². The standard InChI is InChI=1S/C33H42N10O2/c1-42-16-15-39-29(42)18-30(44)40-33(19-25-5-3-4-10-36-25)9-14-38-27(21-33)24-6-11-37-26(17-24)20-32(7-12-34-13-8-32)41-31(45)28-22-35-23-43(28)2/h3-6,10-11,15-17,22-23,27,34,38H,7-9,12-14,18-21H2,1-2H3,(H,40,44)(H,41,45). The van der Waals surface area contributed by atoms with Gasteiger partial charge in [0.15, 0.2) is 0 Å². The van der Waals surface area contributed by atoms with Gasteiger partial charge in [0.2, 0.25) is 5.91 Å². The van der Waals surface area contributed by atoms with Crippen LogP contribution >= 0.6 is 0 Å². The molecule has 4 N–H and O–H groups in total. The van der Waals surface area contributed by atoms with E-state index in [-0.39, 0.29) is 24.3 Å². The molecule has 4 aromatic rings. The molecule has 0 aromatic carbocycles. The maximum Gasteiger partial charge on any atom is 0.269 e. The lowest BCUT2D eigenvalue weighted by Crippen LogP contribution is -2.57. The molecule has 2 aliphatic rings. The van der Waals surface area contributed by atoms with Gasteiger partial charge in [-0.25, -0.2) is 9.97 Å². The first kappa shape index (κ1) is 30.6. The minimum atomic E-state index is -0.483. The molecule has 4 aromatic heterocycles. The topological polar surface area (TPSA) is 144 Å². The maximum atomic E-state index is 13.4. The number of pyridine rings is 2. The average Bonchev–Trinajstić information content (AvgIpc) is 3.65. The Morgan fingerprint density at radius 2 is 1.71 bits per heavy atom. The molecule has 2 saturated heterocycles. The zero-order valence-electron chi connectivity index (χ0n) is 26.0. The lowest BCUT2D eigenvalue weighted by atomic mass is 9.78. The van der Waals surface area contributed by atoms with Crippen molar-refractivity contribution >= 4 is 11.8 Å². The number of hydrogen-bond donors (Lipinski definition) is 4. The maximum absolute atomic E-state index is 13.4. The zero-order valence-corrected chi connectivity index (χ0v) is 26.0. The summed E-state index contributed by atoms with van der Waals surface area (Å²) in [5.41, 5.74) is 2.63. The molecule has 0 bridgehead atoms. The monoisotopic (exact) mass is 610 g/mol. The van der Waals surface area contributed by atoms with Crippen LogP contribution < -0.4 is 21.3 Å². The van der Waals surface area contributed by atoms with Gasteiger partial charge in [-0.3, -0.25) is 19.6 Å². The van der Waals surface area contributed by atoms with Crippen LogP contribution in [0.5, 0.6) is 0 Å². The molecule has 2 unspecified atom stereocenters. The third kappa shape index (κ3) is 7.29. The van der Waals surface area contributed by atoms with E-state index in [1.807, 2.05) is 49.3 Å².